The van der Waals surface area contributed by atoms with Crippen molar-refractivity contribution >= 4 is 39.2 Å². The number of rotatable bonds is 3. The van der Waals surface area contributed by atoms with Gasteiger partial charge in [0.2, 0.25) is 11.8 Å². The van der Waals surface area contributed by atoms with E-state index in [9.17, 15) is 9.59 Å². The fourth-order valence-corrected chi connectivity index (χ4v) is 2.95. The van der Waals surface area contributed by atoms with Gasteiger partial charge in [-0.1, -0.05) is 18.2 Å². The topological polar surface area (TPSA) is 62.3 Å². The van der Waals surface area contributed by atoms with Gasteiger partial charge in [0.15, 0.2) is 0 Å². The second-order valence-corrected chi connectivity index (χ2v) is 5.92. The lowest BCUT2D eigenvalue weighted by molar-refractivity contribution is -0.122. The first-order chi connectivity index (χ1) is 10.6. The van der Waals surface area contributed by atoms with Crippen LogP contribution in [0.1, 0.15) is 6.42 Å². The Kier molecular flexibility index (Phi) is 4.20. The van der Waals surface area contributed by atoms with Gasteiger partial charge in [-0.05, 0) is 40.2 Å². The molecule has 5 nitrogen and oxygen atoms in total. The number of anilines is 2. The van der Waals surface area contributed by atoms with E-state index in [1.807, 2.05) is 24.3 Å². The summed E-state index contributed by atoms with van der Waals surface area (Å²) in [5.74, 6) is -0.101. The second kappa shape index (κ2) is 6.27. The lowest BCUT2D eigenvalue weighted by atomic mass is 10.1. The third-order valence-corrected chi connectivity index (χ3v) is 4.23. The molecule has 0 bridgehead atoms. The molecule has 1 unspecified atom stereocenters. The molecule has 1 aromatic heterocycles. The Morgan fingerprint density at radius 3 is 2.73 bits per heavy atom. The Hall–Kier alpha value is -2.21. The number of aromatic nitrogens is 1. The maximum absolute atomic E-state index is 12.3. The van der Waals surface area contributed by atoms with Crippen molar-refractivity contribution in [2.45, 2.75) is 6.42 Å². The van der Waals surface area contributed by atoms with Crippen molar-refractivity contribution in [2.75, 3.05) is 16.8 Å². The summed E-state index contributed by atoms with van der Waals surface area (Å²) < 4.78 is 0.842. The molecule has 1 fully saturated rings. The van der Waals surface area contributed by atoms with Gasteiger partial charge in [-0.15, -0.1) is 0 Å². The number of carbonyl (C=O) groups excluding carboxylic acids is 2. The van der Waals surface area contributed by atoms with Crippen LogP contribution < -0.4 is 10.2 Å². The standard InChI is InChI=1S/C16H14BrN3O2/c17-12-5-1-2-6-13(12)20-10-11(9-15(20)21)16(22)19-14-7-3-4-8-18-14/h1-8,11H,9-10H2,(H,18,19,22). The Labute approximate surface area is 136 Å². The fraction of sp³-hybridized carbons (Fsp3) is 0.188. The highest BCUT2D eigenvalue weighted by Gasteiger charge is 2.35. The van der Waals surface area contributed by atoms with Crippen molar-refractivity contribution in [2.24, 2.45) is 5.92 Å². The number of hydrogen-bond donors (Lipinski definition) is 1. The lowest BCUT2D eigenvalue weighted by Gasteiger charge is -2.18. The van der Waals surface area contributed by atoms with Gasteiger partial charge in [0, 0.05) is 23.6 Å². The highest BCUT2D eigenvalue weighted by atomic mass is 79.9. The van der Waals surface area contributed by atoms with E-state index < -0.39 is 0 Å². The number of pyridine rings is 1. The van der Waals surface area contributed by atoms with Crippen LogP contribution in [0.2, 0.25) is 0 Å². The number of hydrogen-bond acceptors (Lipinski definition) is 3. The van der Waals surface area contributed by atoms with Gasteiger partial charge in [-0.25, -0.2) is 4.98 Å². The molecule has 3 rings (SSSR count). The van der Waals surface area contributed by atoms with E-state index in [4.69, 9.17) is 0 Å². The number of amides is 2. The summed E-state index contributed by atoms with van der Waals surface area (Å²) in [5.41, 5.74) is 0.792. The average molecular weight is 360 g/mol. The normalized spacial score (nSPS) is 17.6. The zero-order chi connectivity index (χ0) is 15.5. The number of carbonyl (C=O) groups is 2. The van der Waals surface area contributed by atoms with Gasteiger partial charge < -0.3 is 10.2 Å². The van der Waals surface area contributed by atoms with E-state index in [1.165, 1.54) is 0 Å². The van der Waals surface area contributed by atoms with Gasteiger partial charge in [0.1, 0.15) is 5.82 Å². The molecule has 2 amide bonds. The Morgan fingerprint density at radius 1 is 1.23 bits per heavy atom. The third kappa shape index (κ3) is 3.01. The van der Waals surface area contributed by atoms with Crippen molar-refractivity contribution in [3.05, 3.63) is 53.1 Å². The summed E-state index contributed by atoms with van der Waals surface area (Å²) in [4.78, 5) is 30.2. The Balaban J connectivity index is 1.72. The van der Waals surface area contributed by atoms with Crippen molar-refractivity contribution in [1.82, 2.24) is 4.98 Å². The van der Waals surface area contributed by atoms with Crippen LogP contribution in [0.5, 0.6) is 0 Å². The average Bonchev–Trinajstić information content (AvgIpc) is 2.91. The minimum Gasteiger partial charge on any atom is -0.310 e. The molecule has 112 valence electrons. The van der Waals surface area contributed by atoms with Crippen LogP contribution in [0, 0.1) is 5.92 Å². The molecule has 0 saturated carbocycles. The number of nitrogens with one attached hydrogen (secondary N) is 1. The van der Waals surface area contributed by atoms with Crippen LogP contribution in [0.3, 0.4) is 0 Å². The summed E-state index contributed by atoms with van der Waals surface area (Å²) >= 11 is 3.44. The molecule has 1 aromatic carbocycles. The van der Waals surface area contributed by atoms with E-state index >= 15 is 0 Å². The number of halogens is 1. The second-order valence-electron chi connectivity index (χ2n) is 5.06. The van der Waals surface area contributed by atoms with E-state index in [-0.39, 0.29) is 24.2 Å². The zero-order valence-corrected chi connectivity index (χ0v) is 13.3. The number of para-hydroxylation sites is 1. The van der Waals surface area contributed by atoms with Gasteiger partial charge >= 0.3 is 0 Å². The summed E-state index contributed by atoms with van der Waals surface area (Å²) in [7, 11) is 0. The molecule has 0 aliphatic carbocycles. The molecule has 22 heavy (non-hydrogen) atoms. The summed E-state index contributed by atoms with van der Waals surface area (Å²) in [6, 6.07) is 12.8. The molecular weight excluding hydrogens is 346 g/mol. The quantitative estimate of drug-likeness (QED) is 0.916. The molecule has 1 saturated heterocycles. The summed E-state index contributed by atoms with van der Waals surface area (Å²) in [6.07, 6.45) is 1.82. The van der Waals surface area contributed by atoms with E-state index in [2.05, 4.69) is 26.2 Å². The van der Waals surface area contributed by atoms with Crippen LogP contribution in [0.15, 0.2) is 53.1 Å². The van der Waals surface area contributed by atoms with Crippen LogP contribution in [-0.4, -0.2) is 23.3 Å². The van der Waals surface area contributed by atoms with E-state index in [0.29, 0.717) is 12.4 Å². The highest BCUT2D eigenvalue weighted by molar-refractivity contribution is 9.10. The van der Waals surface area contributed by atoms with Gasteiger partial charge in [0.05, 0.1) is 11.6 Å². The first-order valence-electron chi connectivity index (χ1n) is 6.92. The smallest absolute Gasteiger partial charge is 0.230 e. The molecule has 0 spiro atoms. The number of nitrogens with zero attached hydrogens (tertiary/aromatic N) is 2. The monoisotopic (exact) mass is 359 g/mol. The first kappa shape index (κ1) is 14.7. The summed E-state index contributed by atoms with van der Waals surface area (Å²) in [5, 5.41) is 2.75. The molecule has 2 heterocycles. The largest absolute Gasteiger partial charge is 0.310 e. The summed E-state index contributed by atoms with van der Waals surface area (Å²) in [6.45, 7) is 0.375. The maximum atomic E-state index is 12.3. The first-order valence-corrected chi connectivity index (χ1v) is 7.71. The third-order valence-electron chi connectivity index (χ3n) is 3.56. The molecule has 2 aromatic rings. The SMILES string of the molecule is O=C(Nc1ccccn1)C1CC(=O)N(c2ccccc2Br)C1. The molecule has 6 heteroatoms. The molecular formula is C16H14BrN3O2. The van der Waals surface area contributed by atoms with Crippen LogP contribution in [0.25, 0.3) is 0 Å². The minimum absolute atomic E-state index is 0.0481. The maximum Gasteiger partial charge on any atom is 0.230 e. The predicted octanol–water partition coefficient (Wildman–Crippen LogP) is 2.84. The Morgan fingerprint density at radius 2 is 2.00 bits per heavy atom. The molecule has 1 aliphatic heterocycles. The fourth-order valence-electron chi connectivity index (χ4n) is 2.45. The molecule has 0 radical (unpaired) electrons. The van der Waals surface area contributed by atoms with Gasteiger partial charge in [0.25, 0.3) is 0 Å². The van der Waals surface area contributed by atoms with Crippen molar-refractivity contribution < 1.29 is 9.59 Å². The molecule has 1 aliphatic rings. The van der Waals surface area contributed by atoms with Crippen molar-refractivity contribution in [1.29, 1.82) is 0 Å². The number of benzene rings is 1. The van der Waals surface area contributed by atoms with Crippen LogP contribution in [0.4, 0.5) is 11.5 Å². The lowest BCUT2D eigenvalue weighted by Crippen LogP contribution is -2.28. The van der Waals surface area contributed by atoms with Gasteiger partial charge in [-0.3, -0.25) is 9.59 Å². The molecule has 1 atom stereocenters. The highest BCUT2D eigenvalue weighted by Crippen LogP contribution is 2.31. The van der Waals surface area contributed by atoms with E-state index in [1.54, 1.807) is 29.3 Å². The van der Waals surface area contributed by atoms with Gasteiger partial charge in [-0.2, -0.15) is 0 Å². The molecule has 1 N–H and O–H groups in total. The van der Waals surface area contributed by atoms with E-state index in [0.717, 1.165) is 10.2 Å². The van der Waals surface area contributed by atoms with Crippen LogP contribution >= 0.6 is 15.9 Å². The van der Waals surface area contributed by atoms with Crippen LogP contribution in [-0.2, 0) is 9.59 Å². The minimum atomic E-state index is -0.374. The Bertz CT molecular complexity index is 706. The predicted molar refractivity (Wildman–Crippen MR) is 87.5 cm³/mol. The van der Waals surface area contributed by atoms with Crippen molar-refractivity contribution in [3.63, 3.8) is 0 Å². The zero-order valence-electron chi connectivity index (χ0n) is 11.7. The van der Waals surface area contributed by atoms with Crippen molar-refractivity contribution in [3.8, 4) is 0 Å².